The molecule has 0 fully saturated rings. The van der Waals surface area contributed by atoms with Crippen LogP contribution in [0.4, 0.5) is 0 Å². The Bertz CT molecular complexity index is 229. The summed E-state index contributed by atoms with van der Waals surface area (Å²) >= 11 is 0. The summed E-state index contributed by atoms with van der Waals surface area (Å²) in [6, 6.07) is 1.99. The van der Waals surface area contributed by atoms with Gasteiger partial charge >= 0.3 is 0 Å². The first kappa shape index (κ1) is 10.9. The van der Waals surface area contributed by atoms with E-state index in [4.69, 9.17) is 10.7 Å². The Balaban J connectivity index is 4.40. The van der Waals surface area contributed by atoms with Gasteiger partial charge in [-0.2, -0.15) is 5.26 Å². The number of hydrogen-bond donors (Lipinski definition) is 1. The molecule has 0 saturated heterocycles. The van der Waals surface area contributed by atoms with E-state index in [-0.39, 0.29) is 0 Å². The molecular formula is C9H16N3+. The fourth-order valence-electron chi connectivity index (χ4n) is 0.980. The Morgan fingerprint density at radius 3 is 2.42 bits per heavy atom. The van der Waals surface area contributed by atoms with E-state index >= 15 is 0 Å². The van der Waals surface area contributed by atoms with Gasteiger partial charge in [0.1, 0.15) is 0 Å². The summed E-state index contributed by atoms with van der Waals surface area (Å²) in [4.78, 5) is 0. The highest BCUT2D eigenvalue weighted by atomic mass is 15.3. The van der Waals surface area contributed by atoms with Crippen LogP contribution in [0.25, 0.3) is 0 Å². The van der Waals surface area contributed by atoms with Crippen molar-refractivity contribution in [1.29, 1.82) is 10.7 Å². The molecule has 0 unspecified atom stereocenters. The average Bonchev–Trinajstić information content (AvgIpc) is 2.03. The van der Waals surface area contributed by atoms with Gasteiger partial charge in [0.05, 0.1) is 26.5 Å². The lowest BCUT2D eigenvalue weighted by molar-refractivity contribution is -0.847. The lowest BCUT2D eigenvalue weighted by Crippen LogP contribution is -2.39. The molecule has 66 valence electrons. The second-order valence-electron chi connectivity index (χ2n) is 3.35. The van der Waals surface area contributed by atoms with Crippen LogP contribution >= 0.6 is 0 Å². The third-order valence-corrected chi connectivity index (χ3v) is 1.90. The molecule has 0 rings (SSSR count). The first-order valence-electron chi connectivity index (χ1n) is 4.11. The maximum absolute atomic E-state index is 8.68. The van der Waals surface area contributed by atoms with Crippen LogP contribution in [0.2, 0.25) is 0 Å². The molecule has 0 bridgehead atoms. The van der Waals surface area contributed by atoms with Crippen molar-refractivity contribution >= 4 is 5.87 Å². The number of nitrogens with zero attached hydrogens (tertiary/aromatic N) is 2. The summed E-state index contributed by atoms with van der Waals surface area (Å²) in [6.45, 7) is 3.01. The van der Waals surface area contributed by atoms with Gasteiger partial charge in [-0.15, -0.1) is 0 Å². The molecule has 0 aliphatic rings. The van der Waals surface area contributed by atoms with E-state index in [1.54, 1.807) is 0 Å². The highest BCUT2D eigenvalue weighted by Crippen LogP contribution is 2.08. The van der Waals surface area contributed by atoms with E-state index in [1.807, 2.05) is 20.2 Å². The number of nitrogens with one attached hydrogen (secondary N) is 1. The van der Waals surface area contributed by atoms with Gasteiger partial charge in [-0.25, -0.2) is 0 Å². The molecule has 1 N–H and O–H groups in total. The van der Waals surface area contributed by atoms with Crippen molar-refractivity contribution in [2.24, 2.45) is 0 Å². The number of hydrogen-bond acceptors (Lipinski definition) is 2. The Morgan fingerprint density at radius 2 is 2.08 bits per heavy atom. The number of rotatable bonds is 4. The molecule has 0 aliphatic heterocycles. The van der Waals surface area contributed by atoms with Gasteiger partial charge in [0, 0.05) is 0 Å². The van der Waals surface area contributed by atoms with Crippen LogP contribution < -0.4 is 0 Å². The molecule has 0 saturated carbocycles. The van der Waals surface area contributed by atoms with E-state index < -0.39 is 0 Å². The fraction of sp³-hybridized carbons (Fsp3) is 0.667. The highest BCUT2D eigenvalue weighted by Gasteiger charge is 2.21. The van der Waals surface area contributed by atoms with E-state index in [1.165, 1.54) is 0 Å². The summed E-state index contributed by atoms with van der Waals surface area (Å²) in [7, 11) is 3.85. The van der Waals surface area contributed by atoms with E-state index in [2.05, 4.69) is 12.8 Å². The Hall–Kier alpha value is -1.10. The van der Waals surface area contributed by atoms with Crippen molar-refractivity contribution < 1.29 is 4.48 Å². The second-order valence-corrected chi connectivity index (χ2v) is 3.35. The minimum atomic E-state index is 0.392. The van der Waals surface area contributed by atoms with E-state index in [0.29, 0.717) is 10.2 Å². The molecule has 3 nitrogen and oxygen atoms in total. The summed E-state index contributed by atoms with van der Waals surface area (Å²) in [5.41, 5.74) is 0.392. The van der Waals surface area contributed by atoms with Crippen LogP contribution in [0.5, 0.6) is 0 Å². The van der Waals surface area contributed by atoms with Gasteiger partial charge < -0.3 is 0 Å². The van der Waals surface area contributed by atoms with E-state index in [0.717, 1.165) is 19.4 Å². The molecular weight excluding hydrogens is 150 g/mol. The molecule has 0 aromatic carbocycles. The smallest absolute Gasteiger partial charge is 0.272 e. The molecule has 0 aliphatic carbocycles. The van der Waals surface area contributed by atoms with Crippen LogP contribution in [0.15, 0.2) is 5.70 Å². The van der Waals surface area contributed by atoms with E-state index in [9.17, 15) is 0 Å². The third-order valence-electron chi connectivity index (χ3n) is 1.90. The Kier molecular flexibility index (Phi) is 4.28. The maximum Gasteiger partial charge on any atom is 0.272 e. The lowest BCUT2D eigenvalue weighted by Gasteiger charge is -2.25. The average molecular weight is 166 g/mol. The number of allylic oxidation sites excluding steroid dienone is 1. The fourth-order valence-corrected chi connectivity index (χ4v) is 0.980. The van der Waals surface area contributed by atoms with Crippen molar-refractivity contribution in [2.45, 2.75) is 19.8 Å². The molecule has 0 aromatic rings. The van der Waals surface area contributed by atoms with Crippen LogP contribution in [0, 0.1) is 16.7 Å². The van der Waals surface area contributed by atoms with Crippen molar-refractivity contribution in [3.8, 4) is 6.07 Å². The Labute approximate surface area is 74.0 Å². The summed E-state index contributed by atoms with van der Waals surface area (Å²) in [5, 5.41) is 15.6. The predicted octanol–water partition coefficient (Wildman–Crippen LogP) is 1.52. The molecule has 0 radical (unpaired) electrons. The predicted molar refractivity (Wildman–Crippen MR) is 48.7 cm³/mol. The van der Waals surface area contributed by atoms with Gasteiger partial charge in [0.2, 0.25) is 0 Å². The van der Waals surface area contributed by atoms with Crippen LogP contribution in [-0.4, -0.2) is 31.0 Å². The topological polar surface area (TPSA) is 47.6 Å². The van der Waals surface area contributed by atoms with Gasteiger partial charge in [0.25, 0.3) is 5.70 Å². The van der Waals surface area contributed by atoms with Crippen molar-refractivity contribution in [3.05, 3.63) is 5.70 Å². The molecule has 3 heteroatoms. The zero-order valence-corrected chi connectivity index (χ0v) is 8.02. The lowest BCUT2D eigenvalue weighted by atomic mass is 10.2. The maximum atomic E-state index is 8.68. The summed E-state index contributed by atoms with van der Waals surface area (Å²) in [6.07, 6.45) is 2.18. The summed E-state index contributed by atoms with van der Waals surface area (Å²) < 4.78 is 0.466. The molecule has 0 amide bonds. The second kappa shape index (κ2) is 4.71. The quantitative estimate of drug-likeness (QED) is 0.384. The van der Waals surface area contributed by atoms with Gasteiger partial charge in [0.15, 0.2) is 6.07 Å². The van der Waals surface area contributed by atoms with Crippen LogP contribution in [-0.2, 0) is 0 Å². The summed E-state index contributed by atoms with van der Waals surface area (Å²) in [5.74, 6) is 2.18. The molecule has 0 atom stereocenters. The SMILES string of the molecule is CCCC[N+](C)(C)C(=C=N)C#N. The molecule has 0 aromatic heterocycles. The zero-order valence-electron chi connectivity index (χ0n) is 8.02. The van der Waals surface area contributed by atoms with Crippen molar-refractivity contribution in [3.63, 3.8) is 0 Å². The van der Waals surface area contributed by atoms with Gasteiger partial charge in [-0.3, -0.25) is 9.89 Å². The number of quaternary nitrogens is 1. The number of nitriles is 1. The minimum absolute atomic E-state index is 0.392. The number of unbranched alkanes of at least 4 members (excludes halogenated alkanes) is 1. The molecule has 0 spiro atoms. The minimum Gasteiger partial charge on any atom is -0.279 e. The monoisotopic (exact) mass is 166 g/mol. The van der Waals surface area contributed by atoms with Crippen molar-refractivity contribution in [2.75, 3.05) is 20.6 Å². The zero-order chi connectivity index (χ0) is 9.61. The standard InChI is InChI=1S/C9H16N3/c1-4-5-6-12(2,3)9(7-10)8-11/h10H,4-6H2,1-3H3/q+1. The normalized spacial score (nSPS) is 10.2. The largest absolute Gasteiger partial charge is 0.279 e. The molecule has 12 heavy (non-hydrogen) atoms. The highest BCUT2D eigenvalue weighted by molar-refractivity contribution is 5.56. The van der Waals surface area contributed by atoms with Crippen LogP contribution in [0.3, 0.4) is 0 Å². The molecule has 0 heterocycles. The van der Waals surface area contributed by atoms with Gasteiger partial charge in [-0.05, 0) is 6.42 Å². The third kappa shape index (κ3) is 2.87. The first-order chi connectivity index (χ1) is 5.58. The van der Waals surface area contributed by atoms with Gasteiger partial charge in [-0.1, -0.05) is 13.3 Å². The van der Waals surface area contributed by atoms with Crippen LogP contribution in [0.1, 0.15) is 19.8 Å². The Morgan fingerprint density at radius 1 is 1.50 bits per heavy atom. The van der Waals surface area contributed by atoms with Crippen molar-refractivity contribution in [1.82, 2.24) is 0 Å². The first-order valence-corrected chi connectivity index (χ1v) is 4.11.